The SMILES string of the molecule is O=C(c1ccccc1Cn1ccnc1)N1CC[C@]2(C1)CN(c1ccc(Cl)cc1)C(=O)O2. The second-order valence-corrected chi connectivity index (χ2v) is 8.42. The van der Waals surface area contributed by atoms with E-state index in [4.69, 9.17) is 16.3 Å². The zero-order chi connectivity index (χ0) is 21.4. The van der Waals surface area contributed by atoms with Crippen LogP contribution in [0.3, 0.4) is 0 Å². The van der Waals surface area contributed by atoms with E-state index in [-0.39, 0.29) is 5.91 Å². The van der Waals surface area contributed by atoms with Gasteiger partial charge in [0.05, 0.1) is 19.4 Å². The fourth-order valence-electron chi connectivity index (χ4n) is 4.29. The van der Waals surface area contributed by atoms with E-state index in [0.717, 1.165) is 11.3 Å². The molecule has 1 spiro atoms. The highest BCUT2D eigenvalue weighted by atomic mass is 35.5. The van der Waals surface area contributed by atoms with E-state index in [1.807, 2.05) is 35.0 Å². The molecule has 0 bridgehead atoms. The summed E-state index contributed by atoms with van der Waals surface area (Å²) in [7, 11) is 0. The number of hydrogen-bond donors (Lipinski definition) is 0. The summed E-state index contributed by atoms with van der Waals surface area (Å²) in [4.78, 5) is 33.4. The number of benzene rings is 2. The van der Waals surface area contributed by atoms with Gasteiger partial charge in [0.2, 0.25) is 0 Å². The van der Waals surface area contributed by atoms with Crippen molar-refractivity contribution in [3.8, 4) is 0 Å². The maximum absolute atomic E-state index is 13.3. The zero-order valence-corrected chi connectivity index (χ0v) is 17.5. The van der Waals surface area contributed by atoms with Crippen molar-refractivity contribution in [1.82, 2.24) is 14.5 Å². The van der Waals surface area contributed by atoms with E-state index in [0.29, 0.717) is 43.2 Å². The Morgan fingerprint density at radius 1 is 1.13 bits per heavy atom. The number of likely N-dealkylation sites (tertiary alicyclic amines) is 1. The van der Waals surface area contributed by atoms with Crippen molar-refractivity contribution in [2.45, 2.75) is 18.6 Å². The van der Waals surface area contributed by atoms with Gasteiger partial charge < -0.3 is 14.2 Å². The number of amides is 2. The van der Waals surface area contributed by atoms with Gasteiger partial charge in [0.15, 0.2) is 5.60 Å². The van der Waals surface area contributed by atoms with Crippen LogP contribution in [0.15, 0.2) is 67.3 Å². The highest BCUT2D eigenvalue weighted by Crippen LogP contribution is 2.36. The third kappa shape index (κ3) is 3.77. The third-order valence-electron chi connectivity index (χ3n) is 5.87. The number of rotatable bonds is 4. The summed E-state index contributed by atoms with van der Waals surface area (Å²) in [6.45, 7) is 1.90. The van der Waals surface area contributed by atoms with Gasteiger partial charge in [0, 0.05) is 48.2 Å². The first kappa shape index (κ1) is 19.6. The molecule has 31 heavy (non-hydrogen) atoms. The van der Waals surface area contributed by atoms with Crippen LogP contribution in [0.25, 0.3) is 0 Å². The van der Waals surface area contributed by atoms with Crippen molar-refractivity contribution in [3.63, 3.8) is 0 Å². The summed E-state index contributed by atoms with van der Waals surface area (Å²) in [5, 5.41) is 0.609. The molecule has 2 aliphatic heterocycles. The Kier molecular flexibility index (Phi) is 4.90. The minimum absolute atomic E-state index is 0.0476. The molecule has 1 atom stereocenters. The van der Waals surface area contributed by atoms with E-state index in [1.54, 1.807) is 46.6 Å². The van der Waals surface area contributed by atoms with Gasteiger partial charge in [-0.25, -0.2) is 9.78 Å². The van der Waals surface area contributed by atoms with Crippen molar-refractivity contribution in [1.29, 1.82) is 0 Å². The molecular weight excluding hydrogens is 416 g/mol. The molecule has 158 valence electrons. The van der Waals surface area contributed by atoms with Crippen LogP contribution in [0.1, 0.15) is 22.3 Å². The van der Waals surface area contributed by atoms with E-state index in [1.165, 1.54) is 0 Å². The predicted octanol–water partition coefficient (Wildman–Crippen LogP) is 3.83. The van der Waals surface area contributed by atoms with E-state index in [2.05, 4.69) is 4.98 Å². The predicted molar refractivity (Wildman–Crippen MR) is 116 cm³/mol. The number of hydrogen-bond acceptors (Lipinski definition) is 4. The Morgan fingerprint density at radius 2 is 1.94 bits per heavy atom. The molecular formula is C23H21ClN4O3. The Bertz CT molecular complexity index is 1120. The van der Waals surface area contributed by atoms with Crippen molar-refractivity contribution in [2.24, 2.45) is 0 Å². The lowest BCUT2D eigenvalue weighted by Gasteiger charge is -2.23. The summed E-state index contributed by atoms with van der Waals surface area (Å²) in [6.07, 6.45) is 5.54. The highest BCUT2D eigenvalue weighted by Gasteiger charge is 2.51. The Morgan fingerprint density at radius 3 is 2.71 bits per heavy atom. The molecule has 0 saturated carbocycles. The molecule has 3 aromatic rings. The number of halogens is 1. The van der Waals surface area contributed by atoms with Gasteiger partial charge in [-0.05, 0) is 35.9 Å². The fraction of sp³-hybridized carbons (Fsp3) is 0.261. The zero-order valence-electron chi connectivity index (χ0n) is 16.8. The standard InChI is InChI=1S/C23H21ClN4O3/c24-18-5-7-19(8-6-18)28-15-23(31-22(28)30)9-11-27(14-23)21(29)20-4-2-1-3-17(20)13-26-12-10-25-16-26/h1-8,10,12,16H,9,11,13-15H2/t23-/m0/s1. The maximum atomic E-state index is 13.3. The molecule has 0 radical (unpaired) electrons. The number of nitrogens with zero attached hydrogens (tertiary/aromatic N) is 4. The van der Waals surface area contributed by atoms with Gasteiger partial charge in [-0.3, -0.25) is 9.69 Å². The van der Waals surface area contributed by atoms with Gasteiger partial charge in [0.1, 0.15) is 0 Å². The van der Waals surface area contributed by atoms with Gasteiger partial charge in [-0.1, -0.05) is 29.8 Å². The molecule has 2 fully saturated rings. The average molecular weight is 437 g/mol. The maximum Gasteiger partial charge on any atom is 0.415 e. The lowest BCUT2D eigenvalue weighted by molar-refractivity contribution is 0.0553. The summed E-state index contributed by atoms with van der Waals surface area (Å²) in [6, 6.07) is 14.7. The lowest BCUT2D eigenvalue weighted by Crippen LogP contribution is -2.39. The first-order valence-corrected chi connectivity index (χ1v) is 10.5. The lowest BCUT2D eigenvalue weighted by atomic mass is 10.0. The van der Waals surface area contributed by atoms with Crippen molar-refractivity contribution < 1.29 is 14.3 Å². The molecule has 0 N–H and O–H groups in total. The van der Waals surface area contributed by atoms with Crippen LogP contribution < -0.4 is 4.90 Å². The minimum atomic E-state index is -0.689. The summed E-state index contributed by atoms with van der Waals surface area (Å²) >= 11 is 5.96. The van der Waals surface area contributed by atoms with Gasteiger partial charge in [0.25, 0.3) is 5.91 Å². The minimum Gasteiger partial charge on any atom is -0.439 e. The molecule has 2 saturated heterocycles. The molecule has 1 aromatic heterocycles. The number of anilines is 1. The van der Waals surface area contributed by atoms with Crippen LogP contribution in [0, 0.1) is 0 Å². The van der Waals surface area contributed by atoms with Crippen LogP contribution in [0.2, 0.25) is 5.02 Å². The van der Waals surface area contributed by atoms with Crippen LogP contribution in [0.5, 0.6) is 0 Å². The molecule has 3 heterocycles. The molecule has 8 heteroatoms. The third-order valence-corrected chi connectivity index (χ3v) is 6.12. The van der Waals surface area contributed by atoms with Crippen molar-refractivity contribution in [2.75, 3.05) is 24.5 Å². The Hall–Kier alpha value is -3.32. The Balaban J connectivity index is 1.33. The second kappa shape index (κ2) is 7.74. The van der Waals surface area contributed by atoms with E-state index < -0.39 is 11.7 Å². The van der Waals surface area contributed by atoms with Crippen molar-refractivity contribution >= 4 is 29.3 Å². The van der Waals surface area contributed by atoms with Crippen LogP contribution >= 0.6 is 11.6 Å². The number of ether oxygens (including phenoxy) is 1. The Labute approximate surface area is 184 Å². The monoisotopic (exact) mass is 436 g/mol. The molecule has 2 aromatic carbocycles. The molecule has 2 amide bonds. The molecule has 7 nitrogen and oxygen atoms in total. The van der Waals surface area contributed by atoms with Gasteiger partial charge in [-0.15, -0.1) is 0 Å². The first-order valence-electron chi connectivity index (χ1n) is 10.1. The fourth-order valence-corrected chi connectivity index (χ4v) is 4.41. The largest absolute Gasteiger partial charge is 0.439 e. The molecule has 0 aliphatic carbocycles. The summed E-state index contributed by atoms with van der Waals surface area (Å²) in [5.41, 5.74) is 1.64. The topological polar surface area (TPSA) is 67.7 Å². The van der Waals surface area contributed by atoms with Crippen LogP contribution in [0.4, 0.5) is 10.5 Å². The molecule has 5 rings (SSSR count). The smallest absolute Gasteiger partial charge is 0.415 e. The number of carbonyl (C=O) groups is 2. The van der Waals surface area contributed by atoms with E-state index >= 15 is 0 Å². The first-order chi connectivity index (χ1) is 15.0. The van der Waals surface area contributed by atoms with Crippen LogP contribution in [-0.4, -0.2) is 51.7 Å². The van der Waals surface area contributed by atoms with Crippen molar-refractivity contribution in [3.05, 3.63) is 83.4 Å². The molecule has 0 unspecified atom stereocenters. The van der Waals surface area contributed by atoms with Crippen LogP contribution in [-0.2, 0) is 11.3 Å². The second-order valence-electron chi connectivity index (χ2n) is 7.98. The molecule has 2 aliphatic rings. The highest BCUT2D eigenvalue weighted by molar-refractivity contribution is 6.30. The van der Waals surface area contributed by atoms with Gasteiger partial charge in [-0.2, -0.15) is 0 Å². The number of aromatic nitrogens is 2. The van der Waals surface area contributed by atoms with Gasteiger partial charge >= 0.3 is 6.09 Å². The summed E-state index contributed by atoms with van der Waals surface area (Å²) in [5.74, 6) is -0.0476. The number of imidazole rings is 1. The number of carbonyl (C=O) groups excluding carboxylic acids is 2. The quantitative estimate of drug-likeness (QED) is 0.623. The average Bonchev–Trinajstić information content (AvgIpc) is 3.50. The van der Waals surface area contributed by atoms with E-state index in [9.17, 15) is 9.59 Å². The normalized spacial score (nSPS) is 20.5. The summed E-state index contributed by atoms with van der Waals surface area (Å²) < 4.78 is 7.72.